The molecule has 0 unspecified atom stereocenters. The van der Waals surface area contributed by atoms with E-state index in [0.29, 0.717) is 16.7 Å². The zero-order valence-corrected chi connectivity index (χ0v) is 13.2. The molecule has 0 spiro atoms. The fourth-order valence-electron chi connectivity index (χ4n) is 1.79. The van der Waals surface area contributed by atoms with Crippen LogP contribution in [0.15, 0.2) is 5.16 Å². The van der Waals surface area contributed by atoms with E-state index in [4.69, 9.17) is 0 Å². The molecule has 0 aliphatic rings. The molecule has 2 rings (SSSR count). The van der Waals surface area contributed by atoms with E-state index in [-0.39, 0.29) is 11.9 Å². The second kappa shape index (κ2) is 5.78. The molecule has 0 aliphatic carbocycles. The van der Waals surface area contributed by atoms with Crippen LogP contribution in [-0.4, -0.2) is 37.3 Å². The Morgan fingerprint density at radius 3 is 2.65 bits per heavy atom. The molecule has 0 bridgehead atoms. The number of nitrogens with one attached hydrogen (secondary N) is 1. The molecule has 0 radical (unpaired) electrons. The van der Waals surface area contributed by atoms with Gasteiger partial charge in [0.25, 0.3) is 5.78 Å². The van der Waals surface area contributed by atoms with Crippen LogP contribution in [0.5, 0.6) is 0 Å². The zero-order valence-electron chi connectivity index (χ0n) is 12.4. The monoisotopic (exact) mass is 293 g/mol. The summed E-state index contributed by atoms with van der Waals surface area (Å²) in [7, 11) is 0. The summed E-state index contributed by atoms with van der Waals surface area (Å²) in [5.41, 5.74) is 3.09. The molecule has 0 aromatic carbocycles. The lowest BCUT2D eigenvalue weighted by Gasteiger charge is -2.06. The predicted molar refractivity (Wildman–Crippen MR) is 79.0 cm³/mol. The largest absolute Gasteiger partial charge is 0.353 e. The molecule has 2 heterocycles. The molecule has 1 N–H and O–H groups in total. The average Bonchev–Trinajstić information content (AvgIpc) is 2.76. The Labute approximate surface area is 122 Å². The van der Waals surface area contributed by atoms with Crippen LogP contribution in [-0.2, 0) is 4.79 Å². The fraction of sp³-hybridized carbons (Fsp3) is 0.538. The molecular weight excluding hydrogens is 274 g/mol. The van der Waals surface area contributed by atoms with Crippen molar-refractivity contribution in [3.8, 4) is 0 Å². The van der Waals surface area contributed by atoms with Crippen molar-refractivity contribution in [2.45, 2.75) is 45.8 Å². The zero-order chi connectivity index (χ0) is 14.9. The highest BCUT2D eigenvalue weighted by molar-refractivity contribution is 7.99. The molecule has 0 saturated heterocycles. The lowest BCUT2D eigenvalue weighted by molar-refractivity contribution is -0.119. The summed E-state index contributed by atoms with van der Waals surface area (Å²) in [6.45, 7) is 9.84. The van der Waals surface area contributed by atoms with E-state index in [0.717, 1.165) is 17.0 Å². The third-order valence-corrected chi connectivity index (χ3v) is 3.86. The molecule has 0 aliphatic heterocycles. The number of hydrogen-bond donors (Lipinski definition) is 1. The third-order valence-electron chi connectivity index (χ3n) is 3.02. The maximum Gasteiger partial charge on any atom is 0.253 e. The van der Waals surface area contributed by atoms with Crippen LogP contribution in [0.4, 0.5) is 0 Å². The van der Waals surface area contributed by atoms with Gasteiger partial charge in [-0.05, 0) is 40.2 Å². The van der Waals surface area contributed by atoms with Gasteiger partial charge in [-0.15, -0.1) is 5.10 Å². The minimum Gasteiger partial charge on any atom is -0.353 e. The first-order valence-electron chi connectivity index (χ1n) is 6.51. The number of carbonyl (C=O) groups excluding carboxylic acids is 1. The molecule has 6 nitrogen and oxygen atoms in total. The second-order valence-corrected chi connectivity index (χ2v) is 5.97. The summed E-state index contributed by atoms with van der Waals surface area (Å²) >= 11 is 1.32. The van der Waals surface area contributed by atoms with Gasteiger partial charge in [0.2, 0.25) is 11.1 Å². The number of thioether (sulfide) groups is 1. The van der Waals surface area contributed by atoms with Gasteiger partial charge in [-0.2, -0.15) is 4.98 Å². The summed E-state index contributed by atoms with van der Waals surface area (Å²) in [6.07, 6.45) is 0. The summed E-state index contributed by atoms with van der Waals surface area (Å²) in [5, 5.41) is 7.80. The number of fused-ring (bicyclic) bond motifs is 1. The Kier molecular flexibility index (Phi) is 4.27. The maximum atomic E-state index is 11.6. The van der Waals surface area contributed by atoms with E-state index in [1.165, 1.54) is 11.8 Å². The Balaban J connectivity index is 2.17. The standard InChI is InChI=1S/C13H19N5OS/c1-7(2)14-11(19)6-20-13-16-12-15-9(4)8(3)10(5)18(12)17-13/h7H,6H2,1-5H3,(H,14,19). The van der Waals surface area contributed by atoms with Gasteiger partial charge < -0.3 is 5.32 Å². The Morgan fingerprint density at radius 2 is 2.00 bits per heavy atom. The lowest BCUT2D eigenvalue weighted by atomic mass is 10.2. The minimum atomic E-state index is -0.0131. The summed E-state index contributed by atoms with van der Waals surface area (Å²) < 4.78 is 1.73. The number of rotatable bonds is 4. The molecule has 1 amide bonds. The van der Waals surface area contributed by atoms with Crippen LogP contribution in [0.2, 0.25) is 0 Å². The molecule has 0 atom stereocenters. The first kappa shape index (κ1) is 14.8. The summed E-state index contributed by atoms with van der Waals surface area (Å²) in [5.74, 6) is 0.879. The Bertz CT molecular complexity index is 650. The summed E-state index contributed by atoms with van der Waals surface area (Å²) in [4.78, 5) is 20.4. The smallest absolute Gasteiger partial charge is 0.253 e. The minimum absolute atomic E-state index is 0.0131. The van der Waals surface area contributed by atoms with Crippen molar-refractivity contribution in [1.29, 1.82) is 0 Å². The molecule has 108 valence electrons. The van der Waals surface area contributed by atoms with E-state index in [1.54, 1.807) is 4.52 Å². The molecule has 20 heavy (non-hydrogen) atoms. The van der Waals surface area contributed by atoms with Gasteiger partial charge in [0.1, 0.15) is 0 Å². The lowest BCUT2D eigenvalue weighted by Crippen LogP contribution is -2.31. The molecule has 0 saturated carbocycles. The van der Waals surface area contributed by atoms with Crippen molar-refractivity contribution < 1.29 is 4.79 Å². The number of aryl methyl sites for hydroxylation is 2. The normalized spacial score (nSPS) is 11.3. The van der Waals surface area contributed by atoms with Crippen molar-refractivity contribution in [2.75, 3.05) is 5.75 Å². The predicted octanol–water partition coefficient (Wildman–Crippen LogP) is 1.67. The molecule has 2 aromatic rings. The highest BCUT2D eigenvalue weighted by atomic mass is 32.2. The number of carbonyl (C=O) groups is 1. The van der Waals surface area contributed by atoms with Crippen LogP contribution >= 0.6 is 11.8 Å². The van der Waals surface area contributed by atoms with Gasteiger partial charge in [-0.1, -0.05) is 11.8 Å². The van der Waals surface area contributed by atoms with Gasteiger partial charge in [-0.3, -0.25) is 4.79 Å². The Morgan fingerprint density at radius 1 is 1.30 bits per heavy atom. The van der Waals surface area contributed by atoms with E-state index in [2.05, 4.69) is 20.4 Å². The maximum absolute atomic E-state index is 11.6. The van der Waals surface area contributed by atoms with Crippen LogP contribution in [0.3, 0.4) is 0 Å². The molecular formula is C13H19N5OS. The quantitative estimate of drug-likeness (QED) is 0.868. The van der Waals surface area contributed by atoms with E-state index in [1.807, 2.05) is 34.6 Å². The molecule has 2 aromatic heterocycles. The molecule has 0 fully saturated rings. The molecule has 7 heteroatoms. The van der Waals surface area contributed by atoms with Crippen LogP contribution in [0, 0.1) is 20.8 Å². The van der Waals surface area contributed by atoms with Crippen molar-refractivity contribution in [2.24, 2.45) is 0 Å². The van der Waals surface area contributed by atoms with Gasteiger partial charge in [-0.25, -0.2) is 9.50 Å². The van der Waals surface area contributed by atoms with Crippen molar-refractivity contribution >= 4 is 23.4 Å². The fourth-order valence-corrected chi connectivity index (χ4v) is 2.42. The highest BCUT2D eigenvalue weighted by Gasteiger charge is 2.12. The van der Waals surface area contributed by atoms with Gasteiger partial charge in [0, 0.05) is 17.4 Å². The van der Waals surface area contributed by atoms with Crippen LogP contribution < -0.4 is 5.32 Å². The first-order chi connectivity index (χ1) is 9.38. The topological polar surface area (TPSA) is 72.2 Å². The number of nitrogens with zero attached hydrogens (tertiary/aromatic N) is 4. The SMILES string of the molecule is Cc1nc2nc(SCC(=O)NC(C)C)nn2c(C)c1C. The second-order valence-electron chi connectivity index (χ2n) is 5.02. The first-order valence-corrected chi connectivity index (χ1v) is 7.49. The van der Waals surface area contributed by atoms with Crippen molar-refractivity contribution in [3.63, 3.8) is 0 Å². The number of aromatic nitrogens is 4. The van der Waals surface area contributed by atoms with Gasteiger partial charge >= 0.3 is 0 Å². The number of amides is 1. The van der Waals surface area contributed by atoms with Crippen molar-refractivity contribution in [3.05, 3.63) is 17.0 Å². The van der Waals surface area contributed by atoms with E-state index >= 15 is 0 Å². The van der Waals surface area contributed by atoms with Crippen LogP contribution in [0.1, 0.15) is 30.8 Å². The summed E-state index contributed by atoms with van der Waals surface area (Å²) in [6, 6.07) is 0.145. The van der Waals surface area contributed by atoms with Crippen LogP contribution in [0.25, 0.3) is 5.78 Å². The average molecular weight is 293 g/mol. The number of hydrogen-bond acceptors (Lipinski definition) is 5. The highest BCUT2D eigenvalue weighted by Crippen LogP contribution is 2.17. The van der Waals surface area contributed by atoms with Gasteiger partial charge in [0.05, 0.1) is 5.75 Å². The Hall–Kier alpha value is -1.63. The van der Waals surface area contributed by atoms with E-state index in [9.17, 15) is 4.79 Å². The van der Waals surface area contributed by atoms with Crippen molar-refractivity contribution in [1.82, 2.24) is 24.9 Å². The van der Waals surface area contributed by atoms with Gasteiger partial charge in [0.15, 0.2) is 0 Å². The van der Waals surface area contributed by atoms with E-state index < -0.39 is 0 Å². The third kappa shape index (κ3) is 3.09.